The van der Waals surface area contributed by atoms with Gasteiger partial charge in [-0.25, -0.2) is 5.01 Å². The minimum absolute atomic E-state index is 0.0249. The Kier molecular flexibility index (Phi) is 4.39. The minimum atomic E-state index is -0.153. The summed E-state index contributed by atoms with van der Waals surface area (Å²) in [5.41, 5.74) is 1.72. The fourth-order valence-electron chi connectivity index (χ4n) is 1.84. The maximum absolute atomic E-state index is 11.8. The lowest BCUT2D eigenvalue weighted by molar-refractivity contribution is -0.139. The normalized spacial score (nSPS) is 15.1. The molecule has 106 valence electrons. The molecule has 1 aromatic carbocycles. The lowest BCUT2D eigenvalue weighted by Gasteiger charge is -2.24. The van der Waals surface area contributed by atoms with Gasteiger partial charge in [0.2, 0.25) is 11.8 Å². The minimum Gasteiger partial charge on any atom is -0.347 e. The van der Waals surface area contributed by atoms with Crippen LogP contribution in [0.4, 0.5) is 0 Å². The highest BCUT2D eigenvalue weighted by molar-refractivity contribution is 6.30. The van der Waals surface area contributed by atoms with Gasteiger partial charge < -0.3 is 4.90 Å². The molecule has 1 heterocycles. The molecule has 0 saturated heterocycles. The topological polar surface area (TPSA) is 53.0 Å². The Morgan fingerprint density at radius 1 is 1.30 bits per heavy atom. The molecule has 1 aliphatic rings. The Labute approximate surface area is 122 Å². The lowest BCUT2D eigenvalue weighted by atomic mass is 10.0. The molecule has 1 aromatic rings. The number of benzene rings is 1. The average Bonchev–Trinajstić information content (AvgIpc) is 2.42. The summed E-state index contributed by atoms with van der Waals surface area (Å²) in [6.45, 7) is -0.0249. The summed E-state index contributed by atoms with van der Waals surface area (Å²) in [5, 5.41) is 6.19. The molecule has 6 heteroatoms. The highest BCUT2D eigenvalue weighted by Gasteiger charge is 2.23. The number of hydrazone groups is 1. The van der Waals surface area contributed by atoms with Crippen LogP contribution in [0.1, 0.15) is 18.4 Å². The molecule has 0 bridgehead atoms. The largest absolute Gasteiger partial charge is 0.347 e. The van der Waals surface area contributed by atoms with Crippen molar-refractivity contribution in [2.45, 2.75) is 12.8 Å². The Hall–Kier alpha value is -1.88. The van der Waals surface area contributed by atoms with E-state index in [9.17, 15) is 9.59 Å². The van der Waals surface area contributed by atoms with Gasteiger partial charge in [-0.3, -0.25) is 9.59 Å². The van der Waals surface area contributed by atoms with Gasteiger partial charge in [0, 0.05) is 32.0 Å². The third-order valence-corrected chi connectivity index (χ3v) is 3.32. The van der Waals surface area contributed by atoms with Crippen LogP contribution in [-0.2, 0) is 9.59 Å². The van der Waals surface area contributed by atoms with Crippen molar-refractivity contribution in [3.05, 3.63) is 34.9 Å². The van der Waals surface area contributed by atoms with Crippen molar-refractivity contribution in [2.75, 3.05) is 20.6 Å². The molecule has 2 rings (SSSR count). The van der Waals surface area contributed by atoms with Crippen molar-refractivity contribution in [2.24, 2.45) is 5.10 Å². The second-order valence-corrected chi connectivity index (χ2v) is 5.23. The maximum Gasteiger partial charge on any atom is 0.243 e. The first-order valence-corrected chi connectivity index (χ1v) is 6.69. The van der Waals surface area contributed by atoms with Crippen molar-refractivity contribution in [1.82, 2.24) is 9.91 Å². The molecule has 0 aromatic heterocycles. The number of likely N-dealkylation sites (N-methyl/N-ethyl adjacent to an activating group) is 1. The summed E-state index contributed by atoms with van der Waals surface area (Å²) in [4.78, 5) is 24.9. The third-order valence-electron chi connectivity index (χ3n) is 3.07. The molecule has 0 aliphatic carbocycles. The molecule has 0 spiro atoms. The number of carbonyl (C=O) groups is 2. The first-order chi connectivity index (χ1) is 9.47. The summed E-state index contributed by atoms with van der Waals surface area (Å²) >= 11 is 5.85. The smallest absolute Gasteiger partial charge is 0.243 e. The van der Waals surface area contributed by atoms with Crippen molar-refractivity contribution in [1.29, 1.82) is 0 Å². The fourth-order valence-corrected chi connectivity index (χ4v) is 1.97. The Bertz CT molecular complexity index is 552. The molecule has 0 saturated carbocycles. The van der Waals surface area contributed by atoms with Crippen LogP contribution in [-0.4, -0.2) is 48.1 Å². The van der Waals surface area contributed by atoms with Gasteiger partial charge in [-0.05, 0) is 17.7 Å². The van der Waals surface area contributed by atoms with E-state index in [1.165, 1.54) is 9.91 Å². The van der Waals surface area contributed by atoms with Crippen molar-refractivity contribution < 1.29 is 9.59 Å². The van der Waals surface area contributed by atoms with Crippen LogP contribution in [0.5, 0.6) is 0 Å². The van der Waals surface area contributed by atoms with Gasteiger partial charge in [0.15, 0.2) is 0 Å². The highest BCUT2D eigenvalue weighted by Crippen LogP contribution is 2.17. The van der Waals surface area contributed by atoms with Crippen LogP contribution < -0.4 is 0 Å². The van der Waals surface area contributed by atoms with Crippen LogP contribution in [0.15, 0.2) is 29.4 Å². The summed E-state index contributed by atoms with van der Waals surface area (Å²) in [7, 11) is 3.31. The zero-order valence-electron chi connectivity index (χ0n) is 11.5. The van der Waals surface area contributed by atoms with Crippen LogP contribution in [0.2, 0.25) is 5.02 Å². The van der Waals surface area contributed by atoms with Crippen LogP contribution >= 0.6 is 11.6 Å². The van der Waals surface area contributed by atoms with Gasteiger partial charge in [0.05, 0.1) is 5.71 Å². The van der Waals surface area contributed by atoms with Gasteiger partial charge in [-0.15, -0.1) is 0 Å². The predicted octanol–water partition coefficient (Wildman–Crippen LogP) is 1.75. The highest BCUT2D eigenvalue weighted by atomic mass is 35.5. The van der Waals surface area contributed by atoms with E-state index in [1.807, 2.05) is 12.1 Å². The van der Waals surface area contributed by atoms with Gasteiger partial charge in [-0.1, -0.05) is 23.7 Å². The van der Waals surface area contributed by atoms with E-state index < -0.39 is 0 Å². The van der Waals surface area contributed by atoms with E-state index in [4.69, 9.17) is 11.6 Å². The van der Waals surface area contributed by atoms with E-state index >= 15 is 0 Å². The maximum atomic E-state index is 11.8. The van der Waals surface area contributed by atoms with E-state index in [1.54, 1.807) is 26.2 Å². The van der Waals surface area contributed by atoms with Gasteiger partial charge in [0.1, 0.15) is 6.54 Å². The second kappa shape index (κ2) is 6.05. The van der Waals surface area contributed by atoms with E-state index in [2.05, 4.69) is 5.10 Å². The average molecular weight is 294 g/mol. The Morgan fingerprint density at radius 2 is 1.95 bits per heavy atom. The zero-order valence-corrected chi connectivity index (χ0v) is 12.2. The van der Waals surface area contributed by atoms with Crippen LogP contribution in [0.25, 0.3) is 0 Å². The Morgan fingerprint density at radius 3 is 2.55 bits per heavy atom. The molecule has 20 heavy (non-hydrogen) atoms. The molecule has 1 aliphatic heterocycles. The first-order valence-electron chi connectivity index (χ1n) is 6.31. The molecule has 0 atom stereocenters. The number of carbonyl (C=O) groups excluding carboxylic acids is 2. The molecule has 0 unspecified atom stereocenters. The third kappa shape index (κ3) is 3.36. The van der Waals surface area contributed by atoms with Crippen LogP contribution in [0.3, 0.4) is 0 Å². The Balaban J connectivity index is 2.20. The van der Waals surface area contributed by atoms with Gasteiger partial charge in [0.25, 0.3) is 0 Å². The van der Waals surface area contributed by atoms with Crippen LogP contribution in [0, 0.1) is 0 Å². The summed E-state index contributed by atoms with van der Waals surface area (Å²) < 4.78 is 0. The van der Waals surface area contributed by atoms with E-state index in [-0.39, 0.29) is 18.4 Å². The SMILES string of the molecule is CN(C)C(=O)CN1N=C(c2ccc(Cl)cc2)CCC1=O. The van der Waals surface area contributed by atoms with Crippen molar-refractivity contribution in [3.8, 4) is 0 Å². The lowest BCUT2D eigenvalue weighted by Crippen LogP contribution is -2.40. The molecule has 5 nitrogen and oxygen atoms in total. The first kappa shape index (κ1) is 14.5. The summed E-state index contributed by atoms with van der Waals surface area (Å²) in [6, 6.07) is 7.29. The molecule has 0 fully saturated rings. The number of halogens is 1. The van der Waals surface area contributed by atoms with Crippen molar-refractivity contribution in [3.63, 3.8) is 0 Å². The monoisotopic (exact) mass is 293 g/mol. The molecule has 2 amide bonds. The van der Waals surface area contributed by atoms with Gasteiger partial charge >= 0.3 is 0 Å². The fraction of sp³-hybridized carbons (Fsp3) is 0.357. The molecule has 0 radical (unpaired) electrons. The van der Waals surface area contributed by atoms with Crippen molar-refractivity contribution >= 4 is 29.1 Å². The molecular weight excluding hydrogens is 278 g/mol. The molecular formula is C14H16ClN3O2. The number of amides is 2. The zero-order chi connectivity index (χ0) is 14.7. The number of nitrogens with zero attached hydrogens (tertiary/aromatic N) is 3. The number of rotatable bonds is 3. The van der Waals surface area contributed by atoms with E-state index in [0.717, 1.165) is 11.3 Å². The van der Waals surface area contributed by atoms with Gasteiger partial charge in [-0.2, -0.15) is 5.10 Å². The summed E-state index contributed by atoms with van der Waals surface area (Å²) in [5.74, 6) is -0.280. The predicted molar refractivity (Wildman–Crippen MR) is 77.6 cm³/mol. The summed E-state index contributed by atoms with van der Waals surface area (Å²) in [6.07, 6.45) is 0.940. The standard InChI is InChI=1S/C14H16ClN3O2/c1-17(2)14(20)9-18-13(19)8-7-12(16-18)10-3-5-11(15)6-4-10/h3-6H,7-9H2,1-2H3. The number of hydrogen-bond acceptors (Lipinski definition) is 3. The quantitative estimate of drug-likeness (QED) is 0.852. The van der Waals surface area contributed by atoms with E-state index in [0.29, 0.717) is 17.9 Å². The second-order valence-electron chi connectivity index (χ2n) is 4.79. The number of hydrogen-bond donors (Lipinski definition) is 0. The molecule has 0 N–H and O–H groups in total.